The Labute approximate surface area is 104 Å². The summed E-state index contributed by atoms with van der Waals surface area (Å²) in [5.41, 5.74) is 5.71. The number of ether oxygens (including phenoxy) is 1. The van der Waals surface area contributed by atoms with E-state index in [2.05, 4.69) is 17.1 Å². The molecule has 1 heterocycles. The maximum atomic E-state index is 11.6. The van der Waals surface area contributed by atoms with E-state index in [-0.39, 0.29) is 5.91 Å². The number of carbonyl (C=O) groups is 1. The lowest BCUT2D eigenvalue weighted by atomic mass is 9.87. The monoisotopic (exact) mass is 243 g/mol. The molecule has 100 valence electrons. The van der Waals surface area contributed by atoms with Crippen LogP contribution in [0.3, 0.4) is 0 Å². The number of hydrogen-bond acceptors (Lipinski definition) is 4. The van der Waals surface area contributed by atoms with Gasteiger partial charge >= 0.3 is 0 Å². The average molecular weight is 243 g/mol. The molecule has 1 aliphatic rings. The summed E-state index contributed by atoms with van der Waals surface area (Å²) in [7, 11) is 1.63. The molecule has 0 radical (unpaired) electrons. The van der Waals surface area contributed by atoms with Crippen molar-refractivity contribution in [1.82, 2.24) is 10.2 Å². The topological polar surface area (TPSA) is 67.6 Å². The highest BCUT2D eigenvalue weighted by atomic mass is 16.5. The standard InChI is InChI=1S/C12H25N3O2/c1-10-8-15(5-3-11(10)7-13)9-12(16)14-4-6-17-2/h10-11H,3-9,13H2,1-2H3,(H,14,16). The van der Waals surface area contributed by atoms with Gasteiger partial charge in [0.1, 0.15) is 0 Å². The van der Waals surface area contributed by atoms with Crippen molar-refractivity contribution in [2.75, 3.05) is 46.4 Å². The quantitative estimate of drug-likeness (QED) is 0.627. The molecule has 3 N–H and O–H groups in total. The maximum Gasteiger partial charge on any atom is 0.234 e. The van der Waals surface area contributed by atoms with Gasteiger partial charge in [0.05, 0.1) is 13.2 Å². The molecular weight excluding hydrogens is 218 g/mol. The van der Waals surface area contributed by atoms with E-state index in [1.54, 1.807) is 7.11 Å². The van der Waals surface area contributed by atoms with E-state index < -0.39 is 0 Å². The smallest absolute Gasteiger partial charge is 0.234 e. The molecule has 0 aromatic rings. The van der Waals surface area contributed by atoms with E-state index in [0.717, 1.165) is 26.1 Å². The van der Waals surface area contributed by atoms with E-state index in [1.807, 2.05) is 0 Å². The van der Waals surface area contributed by atoms with E-state index >= 15 is 0 Å². The summed E-state index contributed by atoms with van der Waals surface area (Å²) in [6.07, 6.45) is 1.10. The number of piperidine rings is 1. The van der Waals surface area contributed by atoms with Crippen LogP contribution in [0.15, 0.2) is 0 Å². The summed E-state index contributed by atoms with van der Waals surface area (Å²) in [4.78, 5) is 13.8. The molecule has 1 fully saturated rings. The van der Waals surface area contributed by atoms with Crippen LogP contribution in [0.5, 0.6) is 0 Å². The van der Waals surface area contributed by atoms with Gasteiger partial charge in [-0.05, 0) is 31.3 Å². The van der Waals surface area contributed by atoms with E-state index in [9.17, 15) is 4.79 Å². The number of nitrogens with two attached hydrogens (primary N) is 1. The molecule has 0 saturated carbocycles. The van der Waals surface area contributed by atoms with Crippen molar-refractivity contribution >= 4 is 5.91 Å². The molecule has 1 aliphatic heterocycles. The molecule has 0 aliphatic carbocycles. The third-order valence-corrected chi connectivity index (χ3v) is 3.47. The number of amides is 1. The zero-order chi connectivity index (χ0) is 12.7. The average Bonchev–Trinajstić information content (AvgIpc) is 2.29. The van der Waals surface area contributed by atoms with Gasteiger partial charge < -0.3 is 15.8 Å². The summed E-state index contributed by atoms with van der Waals surface area (Å²) < 4.78 is 4.89. The lowest BCUT2D eigenvalue weighted by molar-refractivity contribution is -0.123. The van der Waals surface area contributed by atoms with Crippen LogP contribution < -0.4 is 11.1 Å². The number of rotatable bonds is 6. The first kappa shape index (κ1) is 14.4. The van der Waals surface area contributed by atoms with Crippen LogP contribution in [0.25, 0.3) is 0 Å². The molecule has 2 atom stereocenters. The largest absolute Gasteiger partial charge is 0.383 e. The van der Waals surface area contributed by atoms with Gasteiger partial charge in [-0.15, -0.1) is 0 Å². The SMILES string of the molecule is COCCNC(=O)CN1CCC(CN)C(C)C1. The summed E-state index contributed by atoms with van der Waals surface area (Å²) in [6.45, 7) is 6.57. The Morgan fingerprint density at radius 3 is 2.94 bits per heavy atom. The van der Waals surface area contributed by atoms with Crippen molar-refractivity contribution in [2.45, 2.75) is 13.3 Å². The normalized spacial score (nSPS) is 25.8. The van der Waals surface area contributed by atoms with Gasteiger partial charge in [-0.25, -0.2) is 0 Å². The van der Waals surface area contributed by atoms with Crippen LogP contribution in [0, 0.1) is 11.8 Å². The van der Waals surface area contributed by atoms with Gasteiger partial charge in [-0.1, -0.05) is 6.92 Å². The Morgan fingerprint density at radius 1 is 1.59 bits per heavy atom. The number of methoxy groups -OCH3 is 1. The van der Waals surface area contributed by atoms with Crippen LogP contribution >= 0.6 is 0 Å². The molecule has 0 aromatic carbocycles. The zero-order valence-electron chi connectivity index (χ0n) is 10.9. The molecule has 17 heavy (non-hydrogen) atoms. The van der Waals surface area contributed by atoms with Crippen molar-refractivity contribution in [3.8, 4) is 0 Å². The first-order valence-corrected chi connectivity index (χ1v) is 6.35. The Bertz CT molecular complexity index is 236. The second-order valence-electron chi connectivity index (χ2n) is 4.84. The molecule has 1 saturated heterocycles. The van der Waals surface area contributed by atoms with Crippen LogP contribution in [0.4, 0.5) is 0 Å². The predicted molar refractivity (Wildman–Crippen MR) is 67.7 cm³/mol. The van der Waals surface area contributed by atoms with Crippen molar-refractivity contribution in [2.24, 2.45) is 17.6 Å². The van der Waals surface area contributed by atoms with Crippen LogP contribution in [0.2, 0.25) is 0 Å². The highest BCUT2D eigenvalue weighted by Crippen LogP contribution is 2.21. The number of nitrogens with one attached hydrogen (secondary N) is 1. The van der Waals surface area contributed by atoms with Gasteiger partial charge in [0.2, 0.25) is 5.91 Å². The minimum Gasteiger partial charge on any atom is -0.383 e. The van der Waals surface area contributed by atoms with Gasteiger partial charge in [-0.2, -0.15) is 0 Å². The molecule has 5 heteroatoms. The molecule has 0 bridgehead atoms. The number of likely N-dealkylation sites (tertiary alicyclic amines) is 1. The van der Waals surface area contributed by atoms with Gasteiger partial charge in [0.25, 0.3) is 0 Å². The minimum absolute atomic E-state index is 0.0837. The molecule has 0 spiro atoms. The number of carbonyl (C=O) groups excluding carboxylic acids is 1. The molecule has 0 aromatic heterocycles. The number of hydrogen-bond donors (Lipinski definition) is 2. The molecule has 5 nitrogen and oxygen atoms in total. The first-order valence-electron chi connectivity index (χ1n) is 6.35. The van der Waals surface area contributed by atoms with Crippen molar-refractivity contribution in [3.63, 3.8) is 0 Å². The Kier molecular flexibility index (Phi) is 6.47. The summed E-state index contributed by atoms with van der Waals surface area (Å²) in [5.74, 6) is 1.28. The van der Waals surface area contributed by atoms with E-state index in [1.165, 1.54) is 0 Å². The second-order valence-corrected chi connectivity index (χ2v) is 4.84. The summed E-state index contributed by atoms with van der Waals surface area (Å²) >= 11 is 0. The van der Waals surface area contributed by atoms with Gasteiger partial charge in [0, 0.05) is 20.2 Å². The molecule has 1 rings (SSSR count). The van der Waals surface area contributed by atoms with Crippen molar-refractivity contribution in [1.29, 1.82) is 0 Å². The summed E-state index contributed by atoms with van der Waals surface area (Å²) in [6, 6.07) is 0. The Morgan fingerprint density at radius 2 is 2.35 bits per heavy atom. The molecule has 2 unspecified atom stereocenters. The lowest BCUT2D eigenvalue weighted by Gasteiger charge is -2.35. The van der Waals surface area contributed by atoms with Crippen molar-refractivity contribution < 1.29 is 9.53 Å². The maximum absolute atomic E-state index is 11.6. The van der Waals surface area contributed by atoms with E-state index in [0.29, 0.717) is 31.5 Å². The Balaban J connectivity index is 2.21. The van der Waals surface area contributed by atoms with Gasteiger partial charge in [0.15, 0.2) is 0 Å². The summed E-state index contributed by atoms with van der Waals surface area (Å²) in [5, 5.41) is 2.84. The van der Waals surface area contributed by atoms with E-state index in [4.69, 9.17) is 10.5 Å². The highest BCUT2D eigenvalue weighted by Gasteiger charge is 2.25. The zero-order valence-corrected chi connectivity index (χ0v) is 10.9. The molecule has 1 amide bonds. The van der Waals surface area contributed by atoms with Crippen molar-refractivity contribution in [3.05, 3.63) is 0 Å². The predicted octanol–water partition coefficient (Wildman–Crippen LogP) is -0.334. The van der Waals surface area contributed by atoms with Crippen LogP contribution in [0.1, 0.15) is 13.3 Å². The van der Waals surface area contributed by atoms with Crippen LogP contribution in [-0.2, 0) is 9.53 Å². The third kappa shape index (κ3) is 5.02. The second kappa shape index (κ2) is 7.63. The fraction of sp³-hybridized carbons (Fsp3) is 0.917. The molecular formula is C12H25N3O2. The lowest BCUT2D eigenvalue weighted by Crippen LogP contribution is -2.46. The fourth-order valence-corrected chi connectivity index (χ4v) is 2.33. The minimum atomic E-state index is 0.0837. The highest BCUT2D eigenvalue weighted by molar-refractivity contribution is 5.77. The Hall–Kier alpha value is -0.650. The first-order chi connectivity index (χ1) is 8.17. The number of nitrogens with zero attached hydrogens (tertiary/aromatic N) is 1. The van der Waals surface area contributed by atoms with Crippen LogP contribution in [-0.4, -0.2) is 57.2 Å². The third-order valence-electron chi connectivity index (χ3n) is 3.47. The van der Waals surface area contributed by atoms with Gasteiger partial charge in [-0.3, -0.25) is 9.69 Å². The fourth-order valence-electron chi connectivity index (χ4n) is 2.33.